The molecule has 0 atom stereocenters. The SMILES string of the molecule is OCCNCc1ccnc2ccccc12. The highest BCUT2D eigenvalue weighted by Gasteiger charge is 1.99. The smallest absolute Gasteiger partial charge is 0.0705 e. The summed E-state index contributed by atoms with van der Waals surface area (Å²) in [6.45, 7) is 1.56. The average Bonchev–Trinajstić information content (AvgIpc) is 2.30. The summed E-state index contributed by atoms with van der Waals surface area (Å²) in [6, 6.07) is 10.1. The molecule has 2 aromatic rings. The Morgan fingerprint density at radius 1 is 1.20 bits per heavy atom. The minimum atomic E-state index is 0.170. The first-order valence-electron chi connectivity index (χ1n) is 5.06. The van der Waals surface area contributed by atoms with Gasteiger partial charge in [-0.15, -0.1) is 0 Å². The van der Waals surface area contributed by atoms with Gasteiger partial charge in [0.05, 0.1) is 12.1 Å². The number of aliphatic hydroxyl groups is 1. The van der Waals surface area contributed by atoms with Gasteiger partial charge in [0.15, 0.2) is 0 Å². The van der Waals surface area contributed by atoms with Crippen molar-refractivity contribution in [3.63, 3.8) is 0 Å². The summed E-state index contributed by atoms with van der Waals surface area (Å²) in [4.78, 5) is 4.29. The number of nitrogens with one attached hydrogen (secondary N) is 1. The van der Waals surface area contributed by atoms with E-state index in [2.05, 4.69) is 16.4 Å². The fourth-order valence-electron chi connectivity index (χ4n) is 1.61. The fourth-order valence-corrected chi connectivity index (χ4v) is 1.61. The van der Waals surface area contributed by atoms with Crippen molar-refractivity contribution in [3.05, 3.63) is 42.1 Å². The van der Waals surface area contributed by atoms with E-state index in [1.807, 2.05) is 30.5 Å². The first kappa shape index (κ1) is 10.1. The third kappa shape index (κ3) is 2.32. The quantitative estimate of drug-likeness (QED) is 0.735. The van der Waals surface area contributed by atoms with Crippen LogP contribution in [-0.2, 0) is 6.54 Å². The van der Waals surface area contributed by atoms with Crippen LogP contribution < -0.4 is 5.32 Å². The third-order valence-electron chi connectivity index (χ3n) is 2.34. The predicted molar refractivity (Wildman–Crippen MR) is 60.5 cm³/mol. The highest BCUT2D eigenvalue weighted by Crippen LogP contribution is 2.15. The van der Waals surface area contributed by atoms with Gasteiger partial charge in [-0.2, -0.15) is 0 Å². The van der Waals surface area contributed by atoms with Crippen LogP contribution in [0.5, 0.6) is 0 Å². The highest BCUT2D eigenvalue weighted by atomic mass is 16.3. The van der Waals surface area contributed by atoms with E-state index in [-0.39, 0.29) is 6.61 Å². The molecule has 0 aliphatic carbocycles. The summed E-state index contributed by atoms with van der Waals surface area (Å²) < 4.78 is 0. The first-order chi connectivity index (χ1) is 7.42. The number of aliphatic hydroxyl groups excluding tert-OH is 1. The molecular formula is C12H14N2O. The normalized spacial score (nSPS) is 10.7. The Balaban J connectivity index is 2.26. The van der Waals surface area contributed by atoms with Crippen LogP contribution in [-0.4, -0.2) is 23.2 Å². The lowest BCUT2D eigenvalue weighted by Gasteiger charge is -2.06. The van der Waals surface area contributed by atoms with Crippen molar-refractivity contribution >= 4 is 10.9 Å². The Bertz CT molecular complexity index is 437. The first-order valence-corrected chi connectivity index (χ1v) is 5.06. The molecule has 0 saturated heterocycles. The zero-order valence-electron chi connectivity index (χ0n) is 8.48. The zero-order chi connectivity index (χ0) is 10.5. The molecule has 1 heterocycles. The predicted octanol–water partition coefficient (Wildman–Crippen LogP) is 1.32. The molecule has 0 spiro atoms. The zero-order valence-corrected chi connectivity index (χ0v) is 8.48. The Labute approximate surface area is 88.8 Å². The van der Waals surface area contributed by atoms with E-state index in [0.29, 0.717) is 6.54 Å². The van der Waals surface area contributed by atoms with Gasteiger partial charge in [0.2, 0.25) is 0 Å². The van der Waals surface area contributed by atoms with E-state index in [9.17, 15) is 0 Å². The van der Waals surface area contributed by atoms with Gasteiger partial charge in [-0.25, -0.2) is 0 Å². The minimum absolute atomic E-state index is 0.170. The van der Waals surface area contributed by atoms with Crippen molar-refractivity contribution in [1.29, 1.82) is 0 Å². The number of para-hydroxylation sites is 1. The number of hydrogen-bond acceptors (Lipinski definition) is 3. The molecule has 0 saturated carbocycles. The van der Waals surface area contributed by atoms with Crippen LogP contribution in [0.3, 0.4) is 0 Å². The summed E-state index contributed by atoms with van der Waals surface area (Å²) in [5, 5.41) is 13.0. The molecule has 15 heavy (non-hydrogen) atoms. The maximum absolute atomic E-state index is 8.68. The number of nitrogens with zero attached hydrogens (tertiary/aromatic N) is 1. The Morgan fingerprint density at radius 2 is 2.07 bits per heavy atom. The van der Waals surface area contributed by atoms with Crippen molar-refractivity contribution in [3.8, 4) is 0 Å². The van der Waals surface area contributed by atoms with Crippen molar-refractivity contribution in [2.75, 3.05) is 13.2 Å². The van der Waals surface area contributed by atoms with E-state index in [1.54, 1.807) is 0 Å². The van der Waals surface area contributed by atoms with Crippen LogP contribution in [0.15, 0.2) is 36.5 Å². The largest absolute Gasteiger partial charge is 0.395 e. The molecule has 0 fully saturated rings. The maximum atomic E-state index is 8.68. The van der Waals surface area contributed by atoms with Gasteiger partial charge in [-0.05, 0) is 17.7 Å². The lowest BCUT2D eigenvalue weighted by molar-refractivity contribution is 0.292. The van der Waals surface area contributed by atoms with Crippen molar-refractivity contribution in [2.24, 2.45) is 0 Å². The lowest BCUT2D eigenvalue weighted by atomic mass is 10.1. The fraction of sp³-hybridized carbons (Fsp3) is 0.250. The van der Waals surface area contributed by atoms with Crippen molar-refractivity contribution in [2.45, 2.75) is 6.54 Å². The monoisotopic (exact) mass is 202 g/mol. The molecule has 0 radical (unpaired) electrons. The van der Waals surface area contributed by atoms with Gasteiger partial charge in [0.1, 0.15) is 0 Å². The summed E-state index contributed by atoms with van der Waals surface area (Å²) in [5.41, 5.74) is 2.23. The Hall–Kier alpha value is -1.45. The summed E-state index contributed by atoms with van der Waals surface area (Å²) in [7, 11) is 0. The van der Waals surface area contributed by atoms with Crippen molar-refractivity contribution in [1.82, 2.24) is 10.3 Å². The van der Waals surface area contributed by atoms with Crippen LogP contribution in [0.1, 0.15) is 5.56 Å². The molecule has 0 amide bonds. The average molecular weight is 202 g/mol. The highest BCUT2D eigenvalue weighted by molar-refractivity contribution is 5.81. The van der Waals surface area contributed by atoms with Crippen LogP contribution >= 0.6 is 0 Å². The molecule has 0 aliphatic heterocycles. The Morgan fingerprint density at radius 3 is 2.93 bits per heavy atom. The van der Waals surface area contributed by atoms with Gasteiger partial charge in [0, 0.05) is 24.7 Å². The van der Waals surface area contributed by atoms with Crippen molar-refractivity contribution < 1.29 is 5.11 Å². The standard InChI is InChI=1S/C12H14N2O/c15-8-7-13-9-10-5-6-14-12-4-2-1-3-11(10)12/h1-6,13,15H,7-9H2. The second kappa shape index (κ2) is 4.87. The molecular weight excluding hydrogens is 188 g/mol. The Kier molecular flexibility index (Phi) is 3.27. The van der Waals surface area contributed by atoms with Gasteiger partial charge >= 0.3 is 0 Å². The molecule has 0 bridgehead atoms. The molecule has 0 aliphatic rings. The number of benzene rings is 1. The van der Waals surface area contributed by atoms with Crippen LogP contribution in [0.4, 0.5) is 0 Å². The number of aromatic nitrogens is 1. The minimum Gasteiger partial charge on any atom is -0.395 e. The van der Waals surface area contributed by atoms with Crippen LogP contribution in [0.2, 0.25) is 0 Å². The third-order valence-corrected chi connectivity index (χ3v) is 2.34. The lowest BCUT2D eigenvalue weighted by Crippen LogP contribution is -2.17. The molecule has 2 rings (SSSR count). The van der Waals surface area contributed by atoms with Gasteiger partial charge in [-0.3, -0.25) is 4.98 Å². The van der Waals surface area contributed by atoms with E-state index >= 15 is 0 Å². The van der Waals surface area contributed by atoms with Gasteiger partial charge < -0.3 is 10.4 Å². The summed E-state index contributed by atoms with van der Waals surface area (Å²) in [6.07, 6.45) is 1.82. The second-order valence-corrected chi connectivity index (χ2v) is 3.39. The molecule has 1 aromatic carbocycles. The molecule has 0 unspecified atom stereocenters. The molecule has 3 heteroatoms. The number of rotatable bonds is 4. The number of fused-ring (bicyclic) bond motifs is 1. The number of hydrogen-bond donors (Lipinski definition) is 2. The topological polar surface area (TPSA) is 45.1 Å². The van der Waals surface area contributed by atoms with Gasteiger partial charge in [0.25, 0.3) is 0 Å². The summed E-state index contributed by atoms with van der Waals surface area (Å²) >= 11 is 0. The molecule has 78 valence electrons. The van der Waals surface area contributed by atoms with E-state index in [4.69, 9.17) is 5.11 Å². The van der Waals surface area contributed by atoms with E-state index < -0.39 is 0 Å². The van der Waals surface area contributed by atoms with E-state index in [0.717, 1.165) is 12.1 Å². The maximum Gasteiger partial charge on any atom is 0.0705 e. The molecule has 2 N–H and O–H groups in total. The van der Waals surface area contributed by atoms with Crippen LogP contribution in [0.25, 0.3) is 10.9 Å². The number of pyridine rings is 1. The molecule has 1 aromatic heterocycles. The van der Waals surface area contributed by atoms with Crippen LogP contribution in [0, 0.1) is 0 Å². The summed E-state index contributed by atoms with van der Waals surface area (Å²) in [5.74, 6) is 0. The van der Waals surface area contributed by atoms with Gasteiger partial charge in [-0.1, -0.05) is 18.2 Å². The van der Waals surface area contributed by atoms with E-state index in [1.165, 1.54) is 10.9 Å². The second-order valence-electron chi connectivity index (χ2n) is 3.39. The molecule has 3 nitrogen and oxygen atoms in total.